The summed E-state index contributed by atoms with van der Waals surface area (Å²) in [5.41, 5.74) is 1.13. The normalized spacial score (nSPS) is 10.8. The van der Waals surface area contributed by atoms with Gasteiger partial charge in [-0.3, -0.25) is 10.1 Å². The van der Waals surface area contributed by atoms with E-state index in [1.807, 2.05) is 6.07 Å². The van der Waals surface area contributed by atoms with Gasteiger partial charge in [-0.25, -0.2) is 4.79 Å². The lowest BCUT2D eigenvalue weighted by molar-refractivity contribution is -0.385. The minimum Gasteiger partial charge on any atom is -0.490 e. The Kier molecular flexibility index (Phi) is 4.92. The van der Waals surface area contributed by atoms with Crippen LogP contribution in [0.15, 0.2) is 42.5 Å². The van der Waals surface area contributed by atoms with E-state index < -0.39 is 10.9 Å². The van der Waals surface area contributed by atoms with Crippen LogP contribution in [0.1, 0.15) is 21.5 Å². The second-order valence-corrected chi connectivity index (χ2v) is 4.74. The summed E-state index contributed by atoms with van der Waals surface area (Å²) in [4.78, 5) is 21.3. The van der Waals surface area contributed by atoms with E-state index >= 15 is 0 Å². The van der Waals surface area contributed by atoms with Crippen LogP contribution in [0, 0.1) is 21.4 Å². The second-order valence-electron chi connectivity index (χ2n) is 4.74. The number of carboxylic acids is 1. The lowest BCUT2D eigenvalue weighted by atomic mass is 10.0. The van der Waals surface area contributed by atoms with Crippen molar-refractivity contribution >= 4 is 23.3 Å². The number of nitriles is 1. The molecule has 7 heteroatoms. The van der Waals surface area contributed by atoms with Gasteiger partial charge in [0.2, 0.25) is 0 Å². The van der Waals surface area contributed by atoms with Crippen LogP contribution in [0.25, 0.3) is 11.6 Å². The van der Waals surface area contributed by atoms with Gasteiger partial charge in [-0.05, 0) is 35.4 Å². The van der Waals surface area contributed by atoms with E-state index in [4.69, 9.17) is 9.84 Å². The van der Waals surface area contributed by atoms with Gasteiger partial charge in [0.25, 0.3) is 0 Å². The van der Waals surface area contributed by atoms with Crippen LogP contribution in [0.4, 0.5) is 5.69 Å². The first-order valence-corrected chi connectivity index (χ1v) is 6.74. The molecule has 0 unspecified atom stereocenters. The number of benzene rings is 2. The summed E-state index contributed by atoms with van der Waals surface area (Å²) in [5, 5.41) is 29.2. The van der Waals surface area contributed by atoms with Crippen LogP contribution in [-0.4, -0.2) is 23.1 Å². The van der Waals surface area contributed by atoms with E-state index in [0.717, 1.165) is 0 Å². The maximum atomic E-state index is 11.0. The van der Waals surface area contributed by atoms with Crippen LogP contribution < -0.4 is 4.74 Å². The second kappa shape index (κ2) is 7.07. The number of methoxy groups -OCH3 is 1. The van der Waals surface area contributed by atoms with Crippen molar-refractivity contribution < 1.29 is 19.6 Å². The zero-order valence-electron chi connectivity index (χ0n) is 12.6. The molecule has 2 aromatic carbocycles. The molecule has 0 aliphatic carbocycles. The monoisotopic (exact) mass is 324 g/mol. The molecule has 7 nitrogen and oxygen atoms in total. The Morgan fingerprint density at radius 3 is 2.38 bits per heavy atom. The van der Waals surface area contributed by atoms with Gasteiger partial charge in [-0.2, -0.15) is 5.26 Å². The van der Waals surface area contributed by atoms with Gasteiger partial charge in [0.15, 0.2) is 5.75 Å². The first-order valence-electron chi connectivity index (χ1n) is 6.74. The van der Waals surface area contributed by atoms with Gasteiger partial charge in [-0.15, -0.1) is 0 Å². The van der Waals surface area contributed by atoms with Gasteiger partial charge in [0, 0.05) is 6.07 Å². The number of aromatic carboxylic acids is 1. The lowest BCUT2D eigenvalue weighted by Crippen LogP contribution is -1.96. The summed E-state index contributed by atoms with van der Waals surface area (Å²) >= 11 is 0. The summed E-state index contributed by atoms with van der Waals surface area (Å²) in [6, 6.07) is 12.2. The predicted octanol–water partition coefficient (Wildman–Crippen LogP) is 3.37. The Balaban J connectivity index is 2.44. The highest BCUT2D eigenvalue weighted by Gasteiger charge is 2.15. The van der Waals surface area contributed by atoms with Crippen molar-refractivity contribution in [2.24, 2.45) is 0 Å². The molecule has 0 spiro atoms. The highest BCUT2D eigenvalue weighted by Crippen LogP contribution is 2.29. The number of ether oxygens (including phenoxy) is 1. The number of hydrogen-bond donors (Lipinski definition) is 1. The molecule has 0 aliphatic rings. The fourth-order valence-electron chi connectivity index (χ4n) is 2.08. The molecule has 0 saturated carbocycles. The third kappa shape index (κ3) is 3.56. The molecule has 0 bridgehead atoms. The predicted molar refractivity (Wildman–Crippen MR) is 86.5 cm³/mol. The lowest BCUT2D eigenvalue weighted by Gasteiger charge is -2.04. The van der Waals surface area contributed by atoms with Gasteiger partial charge in [0.05, 0.1) is 29.2 Å². The standard InChI is InChI=1S/C17H12N2O5/c1-24-16-7-2-11(9-15(16)19(22)23)8-14(10-18)12-3-5-13(6-4-12)17(20)21/h2-9H,1H3,(H,20,21). The van der Waals surface area contributed by atoms with Crippen molar-refractivity contribution in [3.8, 4) is 11.8 Å². The SMILES string of the molecule is COc1ccc(C=C(C#N)c2ccc(C(=O)O)cc2)cc1[N+](=O)[O-]. The van der Waals surface area contributed by atoms with Gasteiger partial charge < -0.3 is 9.84 Å². The molecule has 0 atom stereocenters. The summed E-state index contributed by atoms with van der Waals surface area (Å²) in [5.74, 6) is -0.934. The molecular weight excluding hydrogens is 312 g/mol. The minimum absolute atomic E-state index is 0.108. The number of nitrogens with zero attached hydrogens (tertiary/aromatic N) is 2. The summed E-state index contributed by atoms with van der Waals surface area (Å²) in [6.07, 6.45) is 1.49. The molecular formula is C17H12N2O5. The number of hydrogen-bond acceptors (Lipinski definition) is 5. The molecule has 24 heavy (non-hydrogen) atoms. The molecule has 0 aromatic heterocycles. The van der Waals surface area contributed by atoms with E-state index in [2.05, 4.69) is 0 Å². The molecule has 1 N–H and O–H groups in total. The van der Waals surface area contributed by atoms with Crippen molar-refractivity contribution in [1.82, 2.24) is 0 Å². The first-order chi connectivity index (χ1) is 11.5. The average molecular weight is 324 g/mol. The zero-order valence-corrected chi connectivity index (χ0v) is 12.6. The van der Waals surface area contributed by atoms with Crippen LogP contribution >= 0.6 is 0 Å². The van der Waals surface area contributed by atoms with Crippen molar-refractivity contribution in [3.63, 3.8) is 0 Å². The van der Waals surface area contributed by atoms with Crippen molar-refractivity contribution in [2.45, 2.75) is 0 Å². The summed E-state index contributed by atoms with van der Waals surface area (Å²) < 4.78 is 4.93. The van der Waals surface area contributed by atoms with Gasteiger partial charge in [-0.1, -0.05) is 18.2 Å². The molecule has 0 heterocycles. The quantitative estimate of drug-likeness (QED) is 0.390. The molecule has 0 saturated heterocycles. The van der Waals surface area contributed by atoms with E-state index in [1.54, 1.807) is 6.07 Å². The van der Waals surface area contributed by atoms with Gasteiger partial charge >= 0.3 is 11.7 Å². The van der Waals surface area contributed by atoms with Crippen LogP contribution in [0.5, 0.6) is 5.75 Å². The minimum atomic E-state index is -1.06. The third-order valence-corrected chi connectivity index (χ3v) is 3.27. The zero-order chi connectivity index (χ0) is 17.7. The summed E-state index contributed by atoms with van der Waals surface area (Å²) in [6.45, 7) is 0. The largest absolute Gasteiger partial charge is 0.490 e. The highest BCUT2D eigenvalue weighted by molar-refractivity contribution is 5.92. The molecule has 0 aliphatic heterocycles. The molecule has 0 amide bonds. The number of allylic oxidation sites excluding steroid dienone is 1. The number of nitro benzene ring substituents is 1. The third-order valence-electron chi connectivity index (χ3n) is 3.27. The molecule has 2 rings (SSSR count). The maximum Gasteiger partial charge on any atom is 0.335 e. The van der Waals surface area contributed by atoms with Crippen LogP contribution in [0.2, 0.25) is 0 Å². The Bertz CT molecular complexity index is 864. The molecule has 0 fully saturated rings. The molecule has 120 valence electrons. The average Bonchev–Trinajstić information content (AvgIpc) is 2.59. The molecule has 2 aromatic rings. The van der Waals surface area contributed by atoms with E-state index in [0.29, 0.717) is 11.1 Å². The highest BCUT2D eigenvalue weighted by atomic mass is 16.6. The Labute approximate surface area is 137 Å². The summed E-state index contributed by atoms with van der Waals surface area (Å²) in [7, 11) is 1.34. The van der Waals surface area contributed by atoms with E-state index in [-0.39, 0.29) is 22.6 Å². The van der Waals surface area contributed by atoms with Gasteiger partial charge in [0.1, 0.15) is 0 Å². The van der Waals surface area contributed by atoms with E-state index in [1.165, 1.54) is 49.6 Å². The molecule has 0 radical (unpaired) electrons. The first kappa shape index (κ1) is 16.7. The Morgan fingerprint density at radius 1 is 1.25 bits per heavy atom. The number of rotatable bonds is 5. The smallest absolute Gasteiger partial charge is 0.335 e. The van der Waals surface area contributed by atoms with Crippen molar-refractivity contribution in [3.05, 3.63) is 69.3 Å². The topological polar surface area (TPSA) is 113 Å². The number of carboxylic acid groups (broad SMARTS) is 1. The Hall–Kier alpha value is -3.66. The van der Waals surface area contributed by atoms with Crippen molar-refractivity contribution in [1.29, 1.82) is 5.26 Å². The van der Waals surface area contributed by atoms with E-state index in [9.17, 15) is 20.2 Å². The van der Waals surface area contributed by atoms with Crippen molar-refractivity contribution in [2.75, 3.05) is 7.11 Å². The van der Waals surface area contributed by atoms with Crippen LogP contribution in [-0.2, 0) is 0 Å². The maximum absolute atomic E-state index is 11.0. The van der Waals surface area contributed by atoms with Crippen LogP contribution in [0.3, 0.4) is 0 Å². The number of carbonyl (C=O) groups is 1. The number of nitro groups is 1. The fraction of sp³-hybridized carbons (Fsp3) is 0.0588. The Morgan fingerprint density at radius 2 is 1.88 bits per heavy atom. The fourth-order valence-corrected chi connectivity index (χ4v) is 2.08.